The van der Waals surface area contributed by atoms with E-state index < -0.39 is 0 Å². The second-order valence-electron chi connectivity index (χ2n) is 4.59. The molecular formula is C16H13N4O+. The van der Waals surface area contributed by atoms with E-state index in [0.29, 0.717) is 11.6 Å². The summed E-state index contributed by atoms with van der Waals surface area (Å²) in [4.78, 5) is 7.37. The van der Waals surface area contributed by atoms with Crippen molar-refractivity contribution in [3.8, 4) is 22.8 Å². The molecular weight excluding hydrogens is 264 g/mol. The first-order valence-electron chi connectivity index (χ1n) is 6.47. The van der Waals surface area contributed by atoms with Crippen LogP contribution in [0.2, 0.25) is 0 Å². The number of nitrogens with one attached hydrogen (secondary N) is 1. The summed E-state index contributed by atoms with van der Waals surface area (Å²) in [6.07, 6.45) is 1.72. The van der Waals surface area contributed by atoms with Crippen LogP contribution >= 0.6 is 0 Å². The van der Waals surface area contributed by atoms with Crippen LogP contribution in [0.4, 0.5) is 5.69 Å². The molecule has 0 amide bonds. The van der Waals surface area contributed by atoms with Gasteiger partial charge in [-0.05, 0) is 30.7 Å². The van der Waals surface area contributed by atoms with E-state index in [1.807, 2.05) is 49.4 Å². The van der Waals surface area contributed by atoms with E-state index in [0.717, 1.165) is 22.5 Å². The number of rotatable bonds is 3. The second-order valence-corrected chi connectivity index (χ2v) is 4.59. The fraction of sp³-hybridized carbons (Fsp3) is 0.0625. The van der Waals surface area contributed by atoms with Gasteiger partial charge in [-0.2, -0.15) is 0 Å². The van der Waals surface area contributed by atoms with Gasteiger partial charge in [-0.25, -0.2) is 4.98 Å². The van der Waals surface area contributed by atoms with Crippen LogP contribution < -0.4 is 4.91 Å². The quantitative estimate of drug-likeness (QED) is 0.565. The molecule has 0 aliphatic carbocycles. The molecule has 2 aromatic carbocycles. The first-order chi connectivity index (χ1) is 10.3. The minimum absolute atomic E-state index is 0.570. The first kappa shape index (κ1) is 13.0. The van der Waals surface area contributed by atoms with Gasteiger partial charge in [0.15, 0.2) is 16.6 Å². The molecule has 0 fully saturated rings. The van der Waals surface area contributed by atoms with E-state index in [1.165, 1.54) is 0 Å². The van der Waals surface area contributed by atoms with Gasteiger partial charge in [-0.3, -0.25) is 0 Å². The molecule has 0 radical (unpaired) electrons. The summed E-state index contributed by atoms with van der Waals surface area (Å²) >= 11 is 0. The molecule has 102 valence electrons. The van der Waals surface area contributed by atoms with Crippen LogP contribution in [-0.2, 0) is 0 Å². The lowest BCUT2D eigenvalue weighted by atomic mass is 10.1. The highest BCUT2D eigenvalue weighted by Gasteiger charge is 2.11. The van der Waals surface area contributed by atoms with E-state index in [4.69, 9.17) is 9.95 Å². The standard InChI is InChI=1S/C16H13N4O/c1-11-9-13(19-20-17)7-8-14(11)16-18-10-15(21-16)12-5-3-2-4-6-12/h2-10,17H,1H3/q+1. The summed E-state index contributed by atoms with van der Waals surface area (Å²) in [6, 6.07) is 15.4. The molecule has 21 heavy (non-hydrogen) atoms. The monoisotopic (exact) mass is 277 g/mol. The fourth-order valence-corrected chi connectivity index (χ4v) is 2.14. The number of aromatic nitrogens is 1. The van der Waals surface area contributed by atoms with Crippen molar-refractivity contribution in [2.75, 3.05) is 0 Å². The maximum atomic E-state index is 6.75. The summed E-state index contributed by atoms with van der Waals surface area (Å²) in [5.41, 5.74) is 10.3. The number of hydrogen-bond donors (Lipinski definition) is 1. The minimum atomic E-state index is 0.570. The fourth-order valence-electron chi connectivity index (χ4n) is 2.14. The maximum Gasteiger partial charge on any atom is 0.226 e. The first-order valence-corrected chi connectivity index (χ1v) is 6.47. The lowest BCUT2D eigenvalue weighted by Crippen LogP contribution is -1.82. The Hall–Kier alpha value is -3.04. The van der Waals surface area contributed by atoms with Crippen LogP contribution in [0.5, 0.6) is 0 Å². The Balaban J connectivity index is 1.99. The largest absolute Gasteiger partial charge is 0.436 e. The molecule has 5 nitrogen and oxygen atoms in total. The normalized spacial score (nSPS) is 10.1. The van der Waals surface area contributed by atoms with Gasteiger partial charge in [0.25, 0.3) is 0 Å². The van der Waals surface area contributed by atoms with Crippen molar-refractivity contribution >= 4 is 5.69 Å². The van der Waals surface area contributed by atoms with Crippen molar-refractivity contribution in [2.24, 2.45) is 5.11 Å². The third-order valence-corrected chi connectivity index (χ3v) is 3.17. The van der Waals surface area contributed by atoms with Crippen LogP contribution in [0.25, 0.3) is 22.8 Å². The van der Waals surface area contributed by atoms with E-state index in [-0.39, 0.29) is 0 Å². The highest BCUT2D eigenvalue weighted by molar-refractivity contribution is 5.65. The SMILES string of the molecule is Cc1cc(N=[N+]=N)ccc1-c1ncc(-c2ccccc2)o1. The zero-order valence-corrected chi connectivity index (χ0v) is 11.4. The molecule has 3 aromatic rings. The van der Waals surface area contributed by atoms with Gasteiger partial charge >= 0.3 is 0 Å². The highest BCUT2D eigenvalue weighted by Crippen LogP contribution is 2.29. The van der Waals surface area contributed by atoms with Crippen molar-refractivity contribution in [2.45, 2.75) is 6.92 Å². The Bertz CT molecular complexity index is 817. The van der Waals surface area contributed by atoms with Gasteiger partial charge in [0.1, 0.15) is 5.53 Å². The Morgan fingerprint density at radius 2 is 1.95 bits per heavy atom. The van der Waals surface area contributed by atoms with Crippen LogP contribution in [0.15, 0.2) is 64.3 Å². The minimum Gasteiger partial charge on any atom is -0.436 e. The lowest BCUT2D eigenvalue weighted by molar-refractivity contribution is 0.588. The molecule has 3 rings (SSSR count). The number of oxazole rings is 1. The summed E-state index contributed by atoms with van der Waals surface area (Å²) < 4.78 is 5.83. The highest BCUT2D eigenvalue weighted by atomic mass is 16.4. The molecule has 0 aliphatic heterocycles. The van der Waals surface area contributed by atoms with Crippen molar-refractivity contribution in [1.82, 2.24) is 9.90 Å². The van der Waals surface area contributed by atoms with E-state index in [2.05, 4.69) is 15.0 Å². The molecule has 1 aromatic heterocycles. The predicted molar refractivity (Wildman–Crippen MR) is 79.1 cm³/mol. The Labute approximate surface area is 121 Å². The molecule has 0 saturated heterocycles. The molecule has 1 heterocycles. The van der Waals surface area contributed by atoms with Gasteiger partial charge in [0.05, 0.1) is 6.20 Å². The molecule has 5 heteroatoms. The van der Waals surface area contributed by atoms with Crippen molar-refractivity contribution in [1.29, 1.82) is 5.53 Å². The van der Waals surface area contributed by atoms with Crippen LogP contribution in [0, 0.1) is 12.5 Å². The molecule has 0 unspecified atom stereocenters. The van der Waals surface area contributed by atoms with Gasteiger partial charge in [-0.15, -0.1) is 0 Å². The average Bonchev–Trinajstić information content (AvgIpc) is 2.98. The predicted octanol–water partition coefficient (Wildman–Crippen LogP) is 4.50. The van der Waals surface area contributed by atoms with Gasteiger partial charge in [0, 0.05) is 11.1 Å². The summed E-state index contributed by atoms with van der Waals surface area (Å²) in [5, 5.41) is 3.70. The number of hydrogen-bond acceptors (Lipinski definition) is 4. The van der Waals surface area contributed by atoms with Crippen molar-refractivity contribution in [3.63, 3.8) is 0 Å². The summed E-state index contributed by atoms with van der Waals surface area (Å²) in [5.74, 6) is 1.31. The molecule has 0 spiro atoms. The molecule has 1 N–H and O–H groups in total. The lowest BCUT2D eigenvalue weighted by Gasteiger charge is -2.00. The average molecular weight is 277 g/mol. The van der Waals surface area contributed by atoms with E-state index >= 15 is 0 Å². The third-order valence-electron chi connectivity index (χ3n) is 3.17. The Morgan fingerprint density at radius 1 is 1.14 bits per heavy atom. The van der Waals surface area contributed by atoms with Crippen LogP contribution in [0.1, 0.15) is 5.56 Å². The van der Waals surface area contributed by atoms with Crippen molar-refractivity contribution < 1.29 is 4.42 Å². The number of benzene rings is 2. The Kier molecular flexibility index (Phi) is 3.41. The van der Waals surface area contributed by atoms with Crippen LogP contribution in [-0.4, -0.2) is 4.98 Å². The summed E-state index contributed by atoms with van der Waals surface area (Å²) in [6.45, 7) is 1.95. The van der Waals surface area contributed by atoms with Gasteiger partial charge < -0.3 is 4.42 Å². The maximum absolute atomic E-state index is 6.75. The summed E-state index contributed by atoms with van der Waals surface area (Å²) in [7, 11) is 0. The zero-order chi connectivity index (χ0) is 14.7. The second kappa shape index (κ2) is 5.53. The van der Waals surface area contributed by atoms with E-state index in [9.17, 15) is 0 Å². The number of aryl methyl sites for hydroxylation is 1. The molecule has 0 bridgehead atoms. The van der Waals surface area contributed by atoms with E-state index in [1.54, 1.807) is 12.3 Å². The third kappa shape index (κ3) is 2.63. The van der Waals surface area contributed by atoms with Gasteiger partial charge in [-0.1, -0.05) is 30.3 Å². The van der Waals surface area contributed by atoms with Crippen LogP contribution in [0.3, 0.4) is 0 Å². The molecule has 0 aliphatic rings. The Morgan fingerprint density at radius 3 is 2.67 bits per heavy atom. The topological polar surface area (TPSA) is 76.3 Å². The zero-order valence-electron chi connectivity index (χ0n) is 11.4. The van der Waals surface area contributed by atoms with Crippen molar-refractivity contribution in [3.05, 3.63) is 60.3 Å². The molecule has 0 atom stereocenters. The van der Waals surface area contributed by atoms with Gasteiger partial charge in [0.2, 0.25) is 10.8 Å². The number of nitrogens with zero attached hydrogens (tertiary/aromatic N) is 3. The molecule has 0 saturated carbocycles. The smallest absolute Gasteiger partial charge is 0.226 e.